The molecule has 0 saturated heterocycles. The van der Waals surface area contributed by atoms with E-state index in [1.807, 2.05) is 46.8 Å². The second-order valence-corrected chi connectivity index (χ2v) is 6.05. The maximum Gasteiger partial charge on any atom is 0.239 e. The average molecular weight is 320 g/mol. The largest absolute Gasteiger partial charge is 0.493 e. The molecule has 1 aromatic rings. The summed E-state index contributed by atoms with van der Waals surface area (Å²) in [6.07, 6.45) is 0.260. The van der Waals surface area contributed by atoms with E-state index in [4.69, 9.17) is 4.74 Å². The van der Waals surface area contributed by atoms with Crippen molar-refractivity contribution in [2.75, 3.05) is 19.7 Å². The maximum atomic E-state index is 12.2. The molecular weight excluding hydrogens is 292 g/mol. The lowest BCUT2D eigenvalue weighted by Gasteiger charge is -2.21. The maximum absolute atomic E-state index is 12.2. The molecule has 23 heavy (non-hydrogen) atoms. The molecule has 5 nitrogen and oxygen atoms in total. The van der Waals surface area contributed by atoms with Crippen LogP contribution in [0.1, 0.15) is 38.3 Å². The molecule has 0 spiro atoms. The normalized spacial score (nSPS) is 10.5. The number of ether oxygens (including phenoxy) is 1. The molecule has 0 bridgehead atoms. The third kappa shape index (κ3) is 7.17. The van der Waals surface area contributed by atoms with Crippen LogP contribution in [0.15, 0.2) is 18.2 Å². The summed E-state index contributed by atoms with van der Waals surface area (Å²) < 4.78 is 5.65. The SMILES string of the molecule is CCN(CC(=O)NC(C)C)C(=O)CCOc1cc(C)cc(C)c1. The zero-order valence-corrected chi connectivity index (χ0v) is 14.8. The smallest absolute Gasteiger partial charge is 0.239 e. The molecule has 0 aliphatic carbocycles. The summed E-state index contributed by atoms with van der Waals surface area (Å²) in [5.74, 6) is 0.567. The van der Waals surface area contributed by atoms with Crippen molar-refractivity contribution in [1.82, 2.24) is 10.2 Å². The van der Waals surface area contributed by atoms with Gasteiger partial charge in [0.1, 0.15) is 5.75 Å². The van der Waals surface area contributed by atoms with E-state index in [0.717, 1.165) is 16.9 Å². The van der Waals surface area contributed by atoms with Gasteiger partial charge in [0.25, 0.3) is 0 Å². The minimum Gasteiger partial charge on any atom is -0.493 e. The Morgan fingerprint density at radius 2 is 1.78 bits per heavy atom. The molecule has 0 aliphatic heterocycles. The number of hydrogen-bond donors (Lipinski definition) is 1. The first kappa shape index (κ1) is 19.0. The predicted molar refractivity (Wildman–Crippen MR) is 91.6 cm³/mol. The van der Waals surface area contributed by atoms with Gasteiger partial charge in [-0.15, -0.1) is 0 Å². The number of carbonyl (C=O) groups is 2. The van der Waals surface area contributed by atoms with E-state index in [2.05, 4.69) is 11.4 Å². The molecule has 1 rings (SSSR count). The summed E-state index contributed by atoms with van der Waals surface area (Å²) in [5.41, 5.74) is 2.26. The van der Waals surface area contributed by atoms with Crippen molar-refractivity contribution in [2.24, 2.45) is 0 Å². The first-order valence-corrected chi connectivity index (χ1v) is 8.10. The molecule has 1 aromatic carbocycles. The van der Waals surface area contributed by atoms with E-state index in [9.17, 15) is 9.59 Å². The molecule has 0 atom stereocenters. The van der Waals surface area contributed by atoms with E-state index in [-0.39, 0.29) is 30.8 Å². The first-order chi connectivity index (χ1) is 10.8. The van der Waals surface area contributed by atoms with Gasteiger partial charge in [-0.2, -0.15) is 0 Å². The van der Waals surface area contributed by atoms with Gasteiger partial charge in [0.15, 0.2) is 0 Å². The van der Waals surface area contributed by atoms with Crippen LogP contribution >= 0.6 is 0 Å². The molecule has 0 heterocycles. The summed E-state index contributed by atoms with van der Waals surface area (Å²) in [6, 6.07) is 6.05. The fourth-order valence-corrected chi connectivity index (χ4v) is 2.35. The van der Waals surface area contributed by atoms with Gasteiger partial charge < -0.3 is 15.0 Å². The highest BCUT2D eigenvalue weighted by atomic mass is 16.5. The lowest BCUT2D eigenvalue weighted by atomic mass is 10.1. The fourth-order valence-electron chi connectivity index (χ4n) is 2.35. The summed E-state index contributed by atoms with van der Waals surface area (Å²) in [6.45, 7) is 10.6. The summed E-state index contributed by atoms with van der Waals surface area (Å²) in [5, 5.41) is 2.79. The van der Waals surface area contributed by atoms with Crippen molar-refractivity contribution in [1.29, 1.82) is 0 Å². The number of hydrogen-bond acceptors (Lipinski definition) is 3. The third-order valence-corrected chi connectivity index (χ3v) is 3.30. The number of aryl methyl sites for hydroxylation is 2. The lowest BCUT2D eigenvalue weighted by Crippen LogP contribution is -2.42. The Labute approximate surface area is 139 Å². The van der Waals surface area contributed by atoms with E-state index in [1.165, 1.54) is 0 Å². The highest BCUT2D eigenvalue weighted by Crippen LogP contribution is 2.16. The number of benzene rings is 1. The minimum atomic E-state index is -0.134. The van der Waals surface area contributed by atoms with Crippen molar-refractivity contribution >= 4 is 11.8 Å². The van der Waals surface area contributed by atoms with Gasteiger partial charge >= 0.3 is 0 Å². The first-order valence-electron chi connectivity index (χ1n) is 8.10. The van der Waals surface area contributed by atoms with Crippen LogP contribution in [0.25, 0.3) is 0 Å². The molecule has 0 saturated carbocycles. The second-order valence-electron chi connectivity index (χ2n) is 6.05. The van der Waals surface area contributed by atoms with Crippen LogP contribution in [-0.2, 0) is 9.59 Å². The van der Waals surface area contributed by atoms with E-state index >= 15 is 0 Å². The summed E-state index contributed by atoms with van der Waals surface area (Å²) >= 11 is 0. The van der Waals surface area contributed by atoms with Crippen LogP contribution in [-0.4, -0.2) is 42.5 Å². The Morgan fingerprint density at radius 3 is 2.30 bits per heavy atom. The molecule has 128 valence electrons. The standard InChI is InChI=1S/C18H28N2O3/c1-6-20(12-17(21)19-13(2)3)18(22)7-8-23-16-10-14(4)9-15(5)11-16/h9-11,13H,6-8,12H2,1-5H3,(H,19,21). The molecule has 5 heteroatoms. The van der Waals surface area contributed by atoms with Crippen molar-refractivity contribution in [2.45, 2.75) is 47.1 Å². The van der Waals surface area contributed by atoms with Gasteiger partial charge in [0.2, 0.25) is 11.8 Å². The van der Waals surface area contributed by atoms with Crippen LogP contribution in [0.2, 0.25) is 0 Å². The van der Waals surface area contributed by atoms with Gasteiger partial charge in [-0.05, 0) is 57.9 Å². The van der Waals surface area contributed by atoms with Gasteiger partial charge in [-0.25, -0.2) is 0 Å². The minimum absolute atomic E-state index is 0.0733. The molecule has 2 amide bonds. The molecule has 0 radical (unpaired) electrons. The number of carbonyl (C=O) groups excluding carboxylic acids is 2. The summed E-state index contributed by atoms with van der Waals surface area (Å²) in [7, 11) is 0. The number of likely N-dealkylation sites (N-methyl/N-ethyl adjacent to an activating group) is 1. The molecule has 0 fully saturated rings. The number of nitrogens with one attached hydrogen (secondary N) is 1. The number of amides is 2. The molecule has 0 aromatic heterocycles. The Kier molecular flexibility index (Phi) is 7.59. The topological polar surface area (TPSA) is 58.6 Å². The third-order valence-electron chi connectivity index (χ3n) is 3.30. The average Bonchev–Trinajstić information content (AvgIpc) is 2.42. The Balaban J connectivity index is 2.45. The Bertz CT molecular complexity index is 521. The Hall–Kier alpha value is -2.04. The van der Waals surface area contributed by atoms with Crippen molar-refractivity contribution in [3.05, 3.63) is 29.3 Å². The van der Waals surface area contributed by atoms with Gasteiger partial charge in [0.05, 0.1) is 19.6 Å². The zero-order chi connectivity index (χ0) is 17.4. The second kappa shape index (κ2) is 9.18. The number of nitrogens with zero attached hydrogens (tertiary/aromatic N) is 1. The van der Waals surface area contributed by atoms with Crippen LogP contribution in [0.5, 0.6) is 5.75 Å². The molecule has 0 aliphatic rings. The fraction of sp³-hybridized carbons (Fsp3) is 0.556. The van der Waals surface area contributed by atoms with Crippen LogP contribution in [0, 0.1) is 13.8 Å². The molecule has 0 unspecified atom stereocenters. The monoisotopic (exact) mass is 320 g/mol. The van der Waals surface area contributed by atoms with Gasteiger partial charge in [-0.3, -0.25) is 9.59 Å². The summed E-state index contributed by atoms with van der Waals surface area (Å²) in [4.78, 5) is 25.5. The molecule has 1 N–H and O–H groups in total. The number of rotatable bonds is 8. The van der Waals surface area contributed by atoms with Crippen LogP contribution < -0.4 is 10.1 Å². The van der Waals surface area contributed by atoms with Gasteiger partial charge in [-0.1, -0.05) is 6.07 Å². The molecular formula is C18H28N2O3. The Morgan fingerprint density at radius 1 is 1.17 bits per heavy atom. The zero-order valence-electron chi connectivity index (χ0n) is 14.8. The van der Waals surface area contributed by atoms with Crippen molar-refractivity contribution in [3.63, 3.8) is 0 Å². The highest BCUT2D eigenvalue weighted by Gasteiger charge is 2.15. The van der Waals surface area contributed by atoms with Gasteiger partial charge in [0, 0.05) is 12.6 Å². The van der Waals surface area contributed by atoms with Crippen LogP contribution in [0.3, 0.4) is 0 Å². The van der Waals surface area contributed by atoms with Crippen molar-refractivity contribution < 1.29 is 14.3 Å². The van der Waals surface area contributed by atoms with E-state index < -0.39 is 0 Å². The predicted octanol–water partition coefficient (Wildman–Crippen LogP) is 2.45. The van der Waals surface area contributed by atoms with E-state index in [1.54, 1.807) is 4.90 Å². The van der Waals surface area contributed by atoms with E-state index in [0.29, 0.717) is 13.2 Å². The lowest BCUT2D eigenvalue weighted by molar-refractivity contribution is -0.136. The van der Waals surface area contributed by atoms with Crippen LogP contribution in [0.4, 0.5) is 0 Å². The van der Waals surface area contributed by atoms with Crippen molar-refractivity contribution in [3.8, 4) is 5.75 Å². The highest BCUT2D eigenvalue weighted by molar-refractivity contribution is 5.84. The quantitative estimate of drug-likeness (QED) is 0.800.